The van der Waals surface area contributed by atoms with Gasteiger partial charge < -0.3 is 15.2 Å². The van der Waals surface area contributed by atoms with Crippen molar-refractivity contribution < 1.29 is 9.47 Å². The molecule has 4 heteroatoms. The molecule has 1 fully saturated rings. The van der Waals surface area contributed by atoms with Gasteiger partial charge in [0.05, 0.1) is 19.2 Å². The molecule has 1 saturated carbocycles. The van der Waals surface area contributed by atoms with Crippen molar-refractivity contribution in [2.45, 2.75) is 44.6 Å². The minimum Gasteiger partial charge on any atom is -0.493 e. The first kappa shape index (κ1) is 14.5. The summed E-state index contributed by atoms with van der Waals surface area (Å²) in [5, 5.41) is 0.710. The standard InChI is InChI=1S/C15H22ClNO2/c1-10-9-11(18-2)14(19-3)12(13(10)16)15(17)7-5-4-6-8-15/h9H,4-8,17H2,1-3H3. The summed E-state index contributed by atoms with van der Waals surface area (Å²) >= 11 is 6.51. The Kier molecular flexibility index (Phi) is 4.26. The third kappa shape index (κ3) is 2.54. The molecule has 0 spiro atoms. The minimum absolute atomic E-state index is 0.403. The van der Waals surface area contributed by atoms with Crippen LogP contribution in [0.2, 0.25) is 5.02 Å². The highest BCUT2D eigenvalue weighted by molar-refractivity contribution is 6.32. The second kappa shape index (κ2) is 5.59. The lowest BCUT2D eigenvalue weighted by Gasteiger charge is -2.36. The second-order valence-corrected chi connectivity index (χ2v) is 5.71. The van der Waals surface area contributed by atoms with Crippen molar-refractivity contribution in [3.63, 3.8) is 0 Å². The summed E-state index contributed by atoms with van der Waals surface area (Å²) in [5.41, 5.74) is 8.11. The van der Waals surface area contributed by atoms with Gasteiger partial charge in [0.1, 0.15) is 0 Å². The topological polar surface area (TPSA) is 44.5 Å². The third-order valence-corrected chi connectivity index (χ3v) is 4.52. The highest BCUT2D eigenvalue weighted by Crippen LogP contribution is 2.47. The first-order valence-corrected chi connectivity index (χ1v) is 7.11. The Bertz CT molecular complexity index is 468. The van der Waals surface area contributed by atoms with E-state index in [0.717, 1.165) is 36.8 Å². The monoisotopic (exact) mass is 283 g/mol. The van der Waals surface area contributed by atoms with Crippen LogP contribution in [0.1, 0.15) is 43.2 Å². The van der Waals surface area contributed by atoms with Gasteiger partial charge >= 0.3 is 0 Å². The summed E-state index contributed by atoms with van der Waals surface area (Å²) in [4.78, 5) is 0. The number of nitrogens with two attached hydrogens (primary N) is 1. The maximum Gasteiger partial charge on any atom is 0.167 e. The van der Waals surface area contributed by atoms with Crippen LogP contribution in [0.4, 0.5) is 0 Å². The maximum absolute atomic E-state index is 6.63. The fourth-order valence-electron chi connectivity index (χ4n) is 2.98. The van der Waals surface area contributed by atoms with Gasteiger partial charge in [-0.3, -0.25) is 0 Å². The van der Waals surface area contributed by atoms with Crippen LogP contribution < -0.4 is 15.2 Å². The molecule has 0 radical (unpaired) electrons. The molecule has 0 unspecified atom stereocenters. The predicted molar refractivity (Wildman–Crippen MR) is 78.2 cm³/mol. The summed E-state index contributed by atoms with van der Waals surface area (Å²) in [6.07, 6.45) is 5.38. The van der Waals surface area contributed by atoms with E-state index in [2.05, 4.69) is 0 Å². The fraction of sp³-hybridized carbons (Fsp3) is 0.600. The Hall–Kier alpha value is -0.930. The zero-order valence-electron chi connectivity index (χ0n) is 11.9. The molecule has 2 rings (SSSR count). The molecule has 1 aromatic carbocycles. The van der Waals surface area contributed by atoms with Crippen LogP contribution in [0, 0.1) is 6.92 Å². The molecule has 2 N–H and O–H groups in total. The Labute approximate surface area is 120 Å². The van der Waals surface area contributed by atoms with Crippen LogP contribution in [-0.4, -0.2) is 14.2 Å². The Morgan fingerprint density at radius 1 is 1.16 bits per heavy atom. The van der Waals surface area contributed by atoms with E-state index < -0.39 is 5.54 Å². The summed E-state index contributed by atoms with van der Waals surface area (Å²) in [6, 6.07) is 1.90. The van der Waals surface area contributed by atoms with Gasteiger partial charge in [0, 0.05) is 11.1 Å². The van der Waals surface area contributed by atoms with E-state index in [9.17, 15) is 0 Å². The summed E-state index contributed by atoms with van der Waals surface area (Å²) in [5.74, 6) is 1.39. The van der Waals surface area contributed by atoms with E-state index in [1.807, 2.05) is 13.0 Å². The van der Waals surface area contributed by atoms with E-state index >= 15 is 0 Å². The van der Waals surface area contributed by atoms with Crippen molar-refractivity contribution in [3.05, 3.63) is 22.2 Å². The van der Waals surface area contributed by atoms with E-state index in [0.29, 0.717) is 16.5 Å². The molecule has 0 atom stereocenters. The number of methoxy groups -OCH3 is 2. The van der Waals surface area contributed by atoms with Gasteiger partial charge in [-0.25, -0.2) is 0 Å². The Morgan fingerprint density at radius 2 is 1.79 bits per heavy atom. The lowest BCUT2D eigenvalue weighted by atomic mass is 9.76. The molecule has 1 aliphatic rings. The van der Waals surface area contributed by atoms with Crippen molar-refractivity contribution >= 4 is 11.6 Å². The van der Waals surface area contributed by atoms with E-state index in [4.69, 9.17) is 26.8 Å². The first-order valence-electron chi connectivity index (χ1n) is 6.74. The van der Waals surface area contributed by atoms with Gasteiger partial charge in [-0.2, -0.15) is 0 Å². The molecule has 1 aliphatic carbocycles. The Balaban J connectivity index is 2.62. The van der Waals surface area contributed by atoms with Gasteiger partial charge in [-0.1, -0.05) is 30.9 Å². The zero-order valence-corrected chi connectivity index (χ0v) is 12.6. The molecule has 0 bridgehead atoms. The first-order chi connectivity index (χ1) is 9.03. The van der Waals surface area contributed by atoms with E-state index in [1.165, 1.54) is 6.42 Å². The van der Waals surface area contributed by atoms with Crippen LogP contribution in [0.25, 0.3) is 0 Å². The van der Waals surface area contributed by atoms with E-state index in [1.54, 1.807) is 14.2 Å². The molecule has 0 aliphatic heterocycles. The van der Waals surface area contributed by atoms with Crippen LogP contribution in [-0.2, 0) is 5.54 Å². The van der Waals surface area contributed by atoms with Gasteiger partial charge in [-0.15, -0.1) is 0 Å². The number of rotatable bonds is 3. The molecule has 0 saturated heterocycles. The van der Waals surface area contributed by atoms with Gasteiger partial charge in [0.2, 0.25) is 0 Å². The van der Waals surface area contributed by atoms with Crippen molar-refractivity contribution in [1.82, 2.24) is 0 Å². The zero-order chi connectivity index (χ0) is 14.0. The smallest absolute Gasteiger partial charge is 0.167 e. The number of ether oxygens (including phenoxy) is 2. The van der Waals surface area contributed by atoms with Crippen LogP contribution >= 0.6 is 11.6 Å². The molecule has 0 heterocycles. The summed E-state index contributed by atoms with van der Waals surface area (Å²) in [6.45, 7) is 1.97. The van der Waals surface area contributed by atoms with Crippen LogP contribution in [0.5, 0.6) is 11.5 Å². The van der Waals surface area contributed by atoms with E-state index in [-0.39, 0.29) is 0 Å². The SMILES string of the molecule is COc1cc(C)c(Cl)c(C2(N)CCCCC2)c1OC. The molecule has 1 aromatic rings. The van der Waals surface area contributed by atoms with Crippen molar-refractivity contribution in [2.24, 2.45) is 5.73 Å². The average Bonchev–Trinajstić information content (AvgIpc) is 2.41. The number of benzene rings is 1. The molecule has 0 aromatic heterocycles. The van der Waals surface area contributed by atoms with Crippen LogP contribution in [0.3, 0.4) is 0 Å². The van der Waals surface area contributed by atoms with Gasteiger partial charge in [-0.05, 0) is 31.4 Å². The van der Waals surface area contributed by atoms with Gasteiger partial charge in [0.25, 0.3) is 0 Å². The normalized spacial score (nSPS) is 18.2. The van der Waals surface area contributed by atoms with Crippen molar-refractivity contribution in [1.29, 1.82) is 0 Å². The Morgan fingerprint density at radius 3 is 2.32 bits per heavy atom. The predicted octanol–water partition coefficient (Wildman–Crippen LogP) is 3.78. The maximum atomic E-state index is 6.63. The summed E-state index contributed by atoms with van der Waals surface area (Å²) in [7, 11) is 3.28. The lowest BCUT2D eigenvalue weighted by Crippen LogP contribution is -2.39. The number of halogens is 1. The highest BCUT2D eigenvalue weighted by Gasteiger charge is 2.36. The molecule has 0 amide bonds. The highest BCUT2D eigenvalue weighted by atomic mass is 35.5. The lowest BCUT2D eigenvalue weighted by molar-refractivity contribution is 0.282. The summed E-state index contributed by atoms with van der Waals surface area (Å²) < 4.78 is 10.9. The number of aryl methyl sites for hydroxylation is 1. The average molecular weight is 284 g/mol. The molecular weight excluding hydrogens is 262 g/mol. The van der Waals surface area contributed by atoms with Crippen molar-refractivity contribution in [3.8, 4) is 11.5 Å². The number of hydrogen-bond donors (Lipinski definition) is 1. The number of hydrogen-bond acceptors (Lipinski definition) is 3. The molecular formula is C15H22ClNO2. The van der Waals surface area contributed by atoms with Gasteiger partial charge in [0.15, 0.2) is 11.5 Å². The molecule has 19 heavy (non-hydrogen) atoms. The second-order valence-electron chi connectivity index (χ2n) is 5.33. The largest absolute Gasteiger partial charge is 0.493 e. The third-order valence-electron chi connectivity index (χ3n) is 4.03. The van der Waals surface area contributed by atoms with Crippen LogP contribution in [0.15, 0.2) is 6.07 Å². The quantitative estimate of drug-likeness (QED) is 0.918. The molecule has 106 valence electrons. The fourth-order valence-corrected chi connectivity index (χ4v) is 3.31. The van der Waals surface area contributed by atoms with Crippen molar-refractivity contribution in [2.75, 3.05) is 14.2 Å². The molecule has 3 nitrogen and oxygen atoms in total. The minimum atomic E-state index is -0.403.